The van der Waals surface area contributed by atoms with Crippen LogP contribution in [0.15, 0.2) is 60.7 Å². The largest absolute Gasteiger partial charge is 0.345 e. The number of carbonyl (C=O) groups excluding carboxylic acids is 1. The van der Waals surface area contributed by atoms with Gasteiger partial charge in [-0.15, -0.1) is 0 Å². The first kappa shape index (κ1) is 18.4. The number of nitrogens with one attached hydrogen (secondary N) is 2. The summed E-state index contributed by atoms with van der Waals surface area (Å²) < 4.78 is 13.4. The fourth-order valence-corrected chi connectivity index (χ4v) is 3.83. The van der Waals surface area contributed by atoms with Gasteiger partial charge in [0.1, 0.15) is 17.3 Å². The first-order valence-corrected chi connectivity index (χ1v) is 9.37. The van der Waals surface area contributed by atoms with Crippen LogP contribution in [0.4, 0.5) is 15.9 Å². The molecule has 0 aliphatic heterocycles. The van der Waals surface area contributed by atoms with Crippen molar-refractivity contribution in [3.8, 4) is 0 Å². The number of hydrogen-bond donors (Lipinski definition) is 2. The third-order valence-corrected chi connectivity index (χ3v) is 5.03. The average Bonchev–Trinajstić information content (AvgIpc) is 2.96. The Bertz CT molecular complexity index is 1030. The van der Waals surface area contributed by atoms with Gasteiger partial charge >= 0.3 is 0 Å². The molecule has 1 aromatic heterocycles. The second-order valence-electron chi connectivity index (χ2n) is 7.33. The zero-order valence-corrected chi connectivity index (χ0v) is 16.1. The van der Waals surface area contributed by atoms with Crippen LogP contribution < -0.4 is 10.6 Å². The minimum atomic E-state index is -0.374. The van der Waals surface area contributed by atoms with E-state index in [1.54, 1.807) is 18.2 Å². The van der Waals surface area contributed by atoms with Crippen LogP contribution in [0.5, 0.6) is 0 Å². The molecule has 1 aliphatic carbocycles. The molecule has 4 rings (SSSR count). The fraction of sp³-hybridized carbons (Fsp3) is 0.182. The van der Waals surface area contributed by atoms with Crippen LogP contribution in [0.1, 0.15) is 28.5 Å². The first-order valence-electron chi connectivity index (χ1n) is 9.00. The molecule has 3 aromatic rings. The van der Waals surface area contributed by atoms with Gasteiger partial charge in [0.05, 0.1) is 0 Å². The first-order chi connectivity index (χ1) is 13.4. The summed E-state index contributed by atoms with van der Waals surface area (Å²) in [5.74, 6) is -0.276. The van der Waals surface area contributed by atoms with Crippen molar-refractivity contribution in [3.63, 3.8) is 0 Å². The van der Waals surface area contributed by atoms with Crippen molar-refractivity contribution in [1.29, 1.82) is 0 Å². The number of halogens is 2. The summed E-state index contributed by atoms with van der Waals surface area (Å²) in [4.78, 5) is 17.2. The van der Waals surface area contributed by atoms with Crippen LogP contribution in [0, 0.1) is 5.82 Å². The summed E-state index contributed by atoms with van der Waals surface area (Å²) in [6.07, 6.45) is 1.54. The Morgan fingerprint density at radius 2 is 1.79 bits per heavy atom. The number of rotatable bonds is 4. The molecular formula is C22H19ClFN3O. The summed E-state index contributed by atoms with van der Waals surface area (Å²) in [5.41, 5.74) is 2.86. The van der Waals surface area contributed by atoms with Gasteiger partial charge in [0, 0.05) is 16.2 Å². The predicted octanol–water partition coefficient (Wildman–Crippen LogP) is 4.91. The van der Waals surface area contributed by atoms with Gasteiger partial charge in [0.25, 0.3) is 5.91 Å². The molecule has 1 amide bonds. The molecule has 0 radical (unpaired) electrons. The third-order valence-electron chi connectivity index (χ3n) is 4.81. The molecule has 1 heterocycles. The molecule has 0 saturated carbocycles. The van der Waals surface area contributed by atoms with E-state index in [1.807, 2.05) is 19.1 Å². The number of nitrogens with zero attached hydrogens (tertiary/aromatic N) is 1. The summed E-state index contributed by atoms with van der Waals surface area (Å²) in [5, 5.41) is 6.45. The van der Waals surface area contributed by atoms with Gasteiger partial charge < -0.3 is 10.6 Å². The fourth-order valence-electron chi connectivity index (χ4n) is 3.62. The maximum absolute atomic E-state index is 13.4. The standard InChI is InChI=1S/C22H19ClFN3O/c1-22(12-14-5-2-3-6-15(14)13-22)27-21(28)19-9-16(23)10-20(26-19)25-18-8-4-7-17(24)11-18/h2-11H,12-13H2,1H3,(H,25,26)(H,27,28). The Morgan fingerprint density at radius 1 is 1.07 bits per heavy atom. The van der Waals surface area contributed by atoms with Crippen molar-refractivity contribution in [2.45, 2.75) is 25.3 Å². The maximum atomic E-state index is 13.4. The smallest absolute Gasteiger partial charge is 0.270 e. The highest BCUT2D eigenvalue weighted by molar-refractivity contribution is 6.31. The van der Waals surface area contributed by atoms with Gasteiger partial charge in [-0.3, -0.25) is 4.79 Å². The number of hydrogen-bond acceptors (Lipinski definition) is 3. The zero-order valence-electron chi connectivity index (χ0n) is 15.3. The lowest BCUT2D eigenvalue weighted by Crippen LogP contribution is -2.47. The Labute approximate surface area is 167 Å². The highest BCUT2D eigenvalue weighted by Crippen LogP contribution is 2.30. The third kappa shape index (κ3) is 3.99. The Hall–Kier alpha value is -2.92. The van der Waals surface area contributed by atoms with E-state index in [4.69, 9.17) is 11.6 Å². The van der Waals surface area contributed by atoms with Crippen LogP contribution in [-0.2, 0) is 12.8 Å². The SMILES string of the molecule is CC1(NC(=O)c2cc(Cl)cc(Nc3cccc(F)c3)n2)Cc2ccccc2C1. The number of amides is 1. The number of aromatic nitrogens is 1. The highest BCUT2D eigenvalue weighted by atomic mass is 35.5. The summed E-state index contributed by atoms with van der Waals surface area (Å²) >= 11 is 6.18. The molecule has 0 bridgehead atoms. The summed E-state index contributed by atoms with van der Waals surface area (Å²) in [7, 11) is 0. The molecule has 4 nitrogen and oxygen atoms in total. The average molecular weight is 396 g/mol. The van der Waals surface area contributed by atoms with Crippen LogP contribution in [0.25, 0.3) is 0 Å². The highest BCUT2D eigenvalue weighted by Gasteiger charge is 2.34. The van der Waals surface area contributed by atoms with Gasteiger partial charge in [-0.25, -0.2) is 9.37 Å². The quantitative estimate of drug-likeness (QED) is 0.660. The molecule has 2 N–H and O–H groups in total. The predicted molar refractivity (Wildman–Crippen MR) is 109 cm³/mol. The minimum Gasteiger partial charge on any atom is -0.345 e. The molecule has 0 atom stereocenters. The van der Waals surface area contributed by atoms with E-state index in [1.165, 1.54) is 29.3 Å². The molecule has 0 unspecified atom stereocenters. The van der Waals surface area contributed by atoms with Crippen LogP contribution >= 0.6 is 11.6 Å². The molecular weight excluding hydrogens is 377 g/mol. The van der Waals surface area contributed by atoms with Crippen LogP contribution in [-0.4, -0.2) is 16.4 Å². The van der Waals surface area contributed by atoms with Gasteiger partial charge in [0.15, 0.2) is 0 Å². The Morgan fingerprint density at radius 3 is 2.46 bits per heavy atom. The van der Waals surface area contributed by atoms with Crippen LogP contribution in [0.3, 0.4) is 0 Å². The lowest BCUT2D eigenvalue weighted by Gasteiger charge is -2.25. The van der Waals surface area contributed by atoms with Crippen molar-refractivity contribution in [2.24, 2.45) is 0 Å². The van der Waals surface area contributed by atoms with Crippen molar-refractivity contribution in [2.75, 3.05) is 5.32 Å². The monoisotopic (exact) mass is 395 g/mol. The van der Waals surface area contributed by atoms with E-state index in [0.29, 0.717) is 16.5 Å². The van der Waals surface area contributed by atoms with Crippen LogP contribution in [0.2, 0.25) is 5.02 Å². The molecule has 2 aromatic carbocycles. The van der Waals surface area contributed by atoms with E-state index in [0.717, 1.165) is 12.8 Å². The lowest BCUT2D eigenvalue weighted by atomic mass is 9.98. The van der Waals surface area contributed by atoms with E-state index >= 15 is 0 Å². The number of carbonyl (C=O) groups is 1. The van der Waals surface area contributed by atoms with Gasteiger partial charge in [-0.1, -0.05) is 41.9 Å². The van der Waals surface area contributed by atoms with Crippen molar-refractivity contribution in [1.82, 2.24) is 10.3 Å². The van der Waals surface area contributed by atoms with Gasteiger partial charge in [0.2, 0.25) is 0 Å². The molecule has 28 heavy (non-hydrogen) atoms. The van der Waals surface area contributed by atoms with E-state index in [2.05, 4.69) is 27.8 Å². The number of anilines is 2. The normalized spacial score (nSPS) is 14.4. The number of pyridine rings is 1. The number of fused-ring (bicyclic) bond motifs is 1. The van der Waals surface area contributed by atoms with Crippen molar-refractivity contribution < 1.29 is 9.18 Å². The minimum absolute atomic E-state index is 0.212. The molecule has 6 heteroatoms. The number of benzene rings is 2. The van der Waals surface area contributed by atoms with E-state index in [9.17, 15) is 9.18 Å². The second-order valence-corrected chi connectivity index (χ2v) is 7.76. The Kier molecular flexibility index (Phi) is 4.77. The van der Waals surface area contributed by atoms with Gasteiger partial charge in [-0.05, 0) is 61.2 Å². The van der Waals surface area contributed by atoms with E-state index < -0.39 is 0 Å². The molecule has 0 saturated heterocycles. The topological polar surface area (TPSA) is 54.0 Å². The van der Waals surface area contributed by atoms with Crippen molar-refractivity contribution >= 4 is 29.0 Å². The molecule has 1 aliphatic rings. The Balaban J connectivity index is 1.53. The molecule has 142 valence electrons. The van der Waals surface area contributed by atoms with Gasteiger partial charge in [-0.2, -0.15) is 0 Å². The molecule has 0 spiro atoms. The maximum Gasteiger partial charge on any atom is 0.270 e. The van der Waals surface area contributed by atoms with Crippen molar-refractivity contribution in [3.05, 3.63) is 88.3 Å². The summed E-state index contributed by atoms with van der Waals surface area (Å²) in [6, 6.07) is 17.3. The lowest BCUT2D eigenvalue weighted by molar-refractivity contribution is 0.0904. The second kappa shape index (κ2) is 7.24. The van der Waals surface area contributed by atoms with E-state index in [-0.39, 0.29) is 23.0 Å². The zero-order chi connectivity index (χ0) is 19.7. The molecule has 0 fully saturated rings. The summed E-state index contributed by atoms with van der Waals surface area (Å²) in [6.45, 7) is 2.03.